The fourth-order valence-electron chi connectivity index (χ4n) is 1.75. The van der Waals surface area contributed by atoms with E-state index < -0.39 is 28.2 Å². The highest BCUT2D eigenvalue weighted by molar-refractivity contribution is 5.93. The second-order valence-corrected chi connectivity index (χ2v) is 4.33. The molecule has 0 aromatic heterocycles. The quantitative estimate of drug-likeness (QED) is 0.678. The lowest BCUT2D eigenvalue weighted by atomic mass is 10.1. The van der Waals surface area contributed by atoms with Crippen LogP contribution in [0, 0.1) is 21.7 Å². The summed E-state index contributed by atoms with van der Waals surface area (Å²) in [5, 5.41) is 11.0. The summed E-state index contributed by atoms with van der Waals surface area (Å²) < 4.78 is 31.5. The first-order chi connectivity index (χ1) is 10.4. The zero-order valence-electron chi connectivity index (χ0n) is 11.1. The van der Waals surface area contributed by atoms with Crippen LogP contribution in [0.25, 0.3) is 0 Å². The second kappa shape index (κ2) is 6.17. The van der Waals surface area contributed by atoms with Crippen LogP contribution in [-0.2, 0) is 6.61 Å². The molecule has 6 nitrogen and oxygen atoms in total. The van der Waals surface area contributed by atoms with Crippen molar-refractivity contribution in [3.05, 3.63) is 69.3 Å². The molecule has 2 aromatic rings. The number of benzene rings is 2. The molecule has 2 rings (SSSR count). The van der Waals surface area contributed by atoms with Crippen molar-refractivity contribution < 1.29 is 23.2 Å². The Balaban J connectivity index is 2.27. The lowest BCUT2D eigenvalue weighted by molar-refractivity contribution is -0.385. The van der Waals surface area contributed by atoms with Crippen molar-refractivity contribution in [2.75, 3.05) is 0 Å². The first kappa shape index (κ1) is 15.4. The van der Waals surface area contributed by atoms with E-state index in [1.54, 1.807) is 0 Å². The largest absolute Gasteiger partial charge is 0.485 e. The molecule has 0 aliphatic rings. The van der Waals surface area contributed by atoms with Crippen molar-refractivity contribution in [2.45, 2.75) is 6.61 Å². The van der Waals surface area contributed by atoms with E-state index in [1.165, 1.54) is 12.1 Å². The van der Waals surface area contributed by atoms with Gasteiger partial charge < -0.3 is 10.5 Å². The standard InChI is InChI=1S/C14H10F2N2O4/c15-10-3-4-11(16)13(6-10)22-7-9-2-1-8(14(17)19)5-12(9)18(20)21/h1-6H,7H2,(H2,17,19). The Bertz CT molecular complexity index is 750. The minimum Gasteiger partial charge on any atom is -0.485 e. The molecule has 1 amide bonds. The van der Waals surface area contributed by atoms with Crippen LogP contribution < -0.4 is 10.5 Å². The zero-order chi connectivity index (χ0) is 16.3. The van der Waals surface area contributed by atoms with E-state index in [2.05, 4.69) is 0 Å². The van der Waals surface area contributed by atoms with E-state index in [1.807, 2.05) is 0 Å². The number of carbonyl (C=O) groups excluding carboxylic acids is 1. The van der Waals surface area contributed by atoms with Gasteiger partial charge in [0.05, 0.1) is 10.5 Å². The predicted octanol–water partition coefficient (Wildman–Crippen LogP) is 2.55. The Labute approximate surface area is 123 Å². The molecule has 114 valence electrons. The Morgan fingerprint density at radius 2 is 1.95 bits per heavy atom. The van der Waals surface area contributed by atoms with Gasteiger partial charge in [-0.2, -0.15) is 0 Å². The number of amides is 1. The maximum atomic E-state index is 13.4. The molecule has 0 radical (unpaired) electrons. The normalized spacial score (nSPS) is 10.3. The smallest absolute Gasteiger partial charge is 0.276 e. The maximum absolute atomic E-state index is 13.4. The minimum atomic E-state index is -0.813. The van der Waals surface area contributed by atoms with Crippen LogP contribution >= 0.6 is 0 Å². The summed E-state index contributed by atoms with van der Waals surface area (Å²) in [6.45, 7) is -0.365. The van der Waals surface area contributed by atoms with E-state index in [0.717, 1.165) is 24.3 Å². The summed E-state index contributed by atoms with van der Waals surface area (Å²) in [6.07, 6.45) is 0. The van der Waals surface area contributed by atoms with E-state index in [4.69, 9.17) is 10.5 Å². The van der Waals surface area contributed by atoms with Gasteiger partial charge in [0.25, 0.3) is 5.69 Å². The molecule has 0 bridgehead atoms. The van der Waals surface area contributed by atoms with Gasteiger partial charge in [0.1, 0.15) is 12.4 Å². The number of primary amides is 1. The molecule has 0 heterocycles. The molecule has 2 aromatic carbocycles. The molecule has 8 heteroatoms. The molecule has 2 N–H and O–H groups in total. The Hall–Kier alpha value is -3.03. The molecule has 0 atom stereocenters. The molecule has 0 aliphatic heterocycles. The molecule has 0 spiro atoms. The monoisotopic (exact) mass is 308 g/mol. The van der Waals surface area contributed by atoms with Crippen molar-refractivity contribution in [1.29, 1.82) is 0 Å². The van der Waals surface area contributed by atoms with Gasteiger partial charge in [-0.1, -0.05) is 0 Å². The number of hydrogen-bond acceptors (Lipinski definition) is 4. The van der Waals surface area contributed by atoms with Crippen molar-refractivity contribution in [2.24, 2.45) is 5.73 Å². The third-order valence-corrected chi connectivity index (χ3v) is 2.84. The lowest BCUT2D eigenvalue weighted by Crippen LogP contribution is -2.12. The Morgan fingerprint density at radius 1 is 1.23 bits per heavy atom. The van der Waals surface area contributed by atoms with Crippen molar-refractivity contribution in [1.82, 2.24) is 0 Å². The van der Waals surface area contributed by atoms with Crippen LogP contribution in [0.5, 0.6) is 5.75 Å². The summed E-state index contributed by atoms with van der Waals surface area (Å²) in [5.41, 5.74) is 4.72. The molecular formula is C14H10F2N2O4. The molecule has 0 saturated heterocycles. The Kier molecular flexibility index (Phi) is 4.31. The SMILES string of the molecule is NC(=O)c1ccc(COc2cc(F)ccc2F)c([N+](=O)[O-])c1. The number of nitrogens with two attached hydrogens (primary N) is 1. The van der Waals surface area contributed by atoms with Gasteiger partial charge in [0.15, 0.2) is 11.6 Å². The van der Waals surface area contributed by atoms with Crippen LogP contribution in [0.15, 0.2) is 36.4 Å². The minimum absolute atomic E-state index is 0.0348. The van der Waals surface area contributed by atoms with E-state index >= 15 is 0 Å². The Morgan fingerprint density at radius 3 is 2.59 bits per heavy atom. The van der Waals surface area contributed by atoms with Gasteiger partial charge >= 0.3 is 0 Å². The van der Waals surface area contributed by atoms with Crippen LogP contribution in [0.1, 0.15) is 15.9 Å². The molecule has 0 fully saturated rings. The van der Waals surface area contributed by atoms with Crippen LogP contribution in [-0.4, -0.2) is 10.8 Å². The molecule has 0 aliphatic carbocycles. The lowest BCUT2D eigenvalue weighted by Gasteiger charge is -2.08. The number of ether oxygens (including phenoxy) is 1. The van der Waals surface area contributed by atoms with E-state index in [-0.39, 0.29) is 23.5 Å². The highest BCUT2D eigenvalue weighted by atomic mass is 19.1. The zero-order valence-corrected chi connectivity index (χ0v) is 11.1. The van der Waals surface area contributed by atoms with Gasteiger partial charge in [-0.25, -0.2) is 8.78 Å². The summed E-state index contributed by atoms with van der Waals surface area (Å²) in [5.74, 6) is -2.67. The summed E-state index contributed by atoms with van der Waals surface area (Å²) in [6, 6.07) is 6.20. The summed E-state index contributed by atoms with van der Waals surface area (Å²) in [7, 11) is 0. The number of nitrogens with zero attached hydrogens (tertiary/aromatic N) is 1. The number of nitro benzene ring substituents is 1. The molecular weight excluding hydrogens is 298 g/mol. The number of rotatable bonds is 5. The van der Waals surface area contributed by atoms with Gasteiger partial charge in [-0.15, -0.1) is 0 Å². The fourth-order valence-corrected chi connectivity index (χ4v) is 1.75. The van der Waals surface area contributed by atoms with Crippen molar-refractivity contribution in [3.63, 3.8) is 0 Å². The number of hydrogen-bond donors (Lipinski definition) is 1. The summed E-state index contributed by atoms with van der Waals surface area (Å²) >= 11 is 0. The van der Waals surface area contributed by atoms with Gasteiger partial charge in [-0.3, -0.25) is 14.9 Å². The highest BCUT2D eigenvalue weighted by Gasteiger charge is 2.17. The van der Waals surface area contributed by atoms with Gasteiger partial charge in [0, 0.05) is 17.7 Å². The predicted molar refractivity (Wildman–Crippen MR) is 72.3 cm³/mol. The molecule has 22 heavy (non-hydrogen) atoms. The topological polar surface area (TPSA) is 95.5 Å². The third kappa shape index (κ3) is 3.35. The maximum Gasteiger partial charge on any atom is 0.276 e. The second-order valence-electron chi connectivity index (χ2n) is 4.33. The van der Waals surface area contributed by atoms with E-state index in [9.17, 15) is 23.7 Å². The average Bonchev–Trinajstić information content (AvgIpc) is 2.47. The van der Waals surface area contributed by atoms with Crippen LogP contribution in [0.4, 0.5) is 14.5 Å². The van der Waals surface area contributed by atoms with Gasteiger partial charge in [-0.05, 0) is 24.3 Å². The first-order valence-corrected chi connectivity index (χ1v) is 6.03. The average molecular weight is 308 g/mol. The van der Waals surface area contributed by atoms with Crippen LogP contribution in [0.2, 0.25) is 0 Å². The molecule has 0 saturated carbocycles. The van der Waals surface area contributed by atoms with Crippen LogP contribution in [0.3, 0.4) is 0 Å². The van der Waals surface area contributed by atoms with Crippen molar-refractivity contribution in [3.8, 4) is 5.75 Å². The fraction of sp³-hybridized carbons (Fsp3) is 0.0714. The van der Waals surface area contributed by atoms with Crippen molar-refractivity contribution >= 4 is 11.6 Å². The summed E-state index contributed by atoms with van der Waals surface area (Å²) in [4.78, 5) is 21.3. The third-order valence-electron chi connectivity index (χ3n) is 2.84. The van der Waals surface area contributed by atoms with E-state index in [0.29, 0.717) is 0 Å². The van der Waals surface area contributed by atoms with Gasteiger partial charge in [0.2, 0.25) is 5.91 Å². The number of halogens is 2. The number of nitro groups is 1. The molecule has 0 unspecified atom stereocenters. The highest BCUT2D eigenvalue weighted by Crippen LogP contribution is 2.24. The first-order valence-electron chi connectivity index (χ1n) is 6.03. The number of carbonyl (C=O) groups is 1.